The molecule has 0 radical (unpaired) electrons. The van der Waals surface area contributed by atoms with Crippen molar-refractivity contribution in [3.63, 3.8) is 0 Å². The highest BCUT2D eigenvalue weighted by Crippen LogP contribution is 2.43. The molecule has 0 bridgehead atoms. The van der Waals surface area contributed by atoms with Crippen LogP contribution in [-0.2, 0) is 42.2 Å². The molecule has 0 saturated heterocycles. The van der Waals surface area contributed by atoms with E-state index in [0.29, 0.717) is 19.3 Å². The van der Waals surface area contributed by atoms with Crippen LogP contribution in [0.5, 0.6) is 0 Å². The third kappa shape index (κ3) is 51.6. The summed E-state index contributed by atoms with van der Waals surface area (Å²) in [4.78, 5) is 48.5. The molecular weight excluding hydrogens is 928 g/mol. The van der Waals surface area contributed by atoms with Gasteiger partial charge in [-0.2, -0.15) is 0 Å². The molecule has 0 spiro atoms. The first kappa shape index (κ1) is 68.7. The smallest absolute Gasteiger partial charge is 0.462 e. The van der Waals surface area contributed by atoms with Crippen molar-refractivity contribution in [1.29, 1.82) is 0 Å². The molecule has 3 atom stereocenters. The van der Waals surface area contributed by atoms with Gasteiger partial charge in [0, 0.05) is 19.3 Å². The third-order valence-corrected chi connectivity index (χ3v) is 12.7. The number of carbonyl (C=O) groups is 3. The highest BCUT2D eigenvalue weighted by molar-refractivity contribution is 7.47. The number of ether oxygens (including phenoxy) is 3. The van der Waals surface area contributed by atoms with E-state index < -0.39 is 57.8 Å². The molecule has 0 amide bonds. The van der Waals surface area contributed by atoms with Gasteiger partial charge >= 0.3 is 25.7 Å². The normalized spacial score (nSPS) is 14.0. The Labute approximate surface area is 439 Å². The molecule has 414 valence electrons. The van der Waals surface area contributed by atoms with Gasteiger partial charge < -0.3 is 24.2 Å². The molecule has 72 heavy (non-hydrogen) atoms. The van der Waals surface area contributed by atoms with Crippen LogP contribution in [0, 0.1) is 0 Å². The Hall–Kier alpha value is -3.34. The van der Waals surface area contributed by atoms with Gasteiger partial charge in [-0.3, -0.25) is 23.4 Å². The second kappa shape index (κ2) is 53.9. The van der Waals surface area contributed by atoms with E-state index in [4.69, 9.17) is 23.3 Å². The van der Waals surface area contributed by atoms with Crippen LogP contribution >= 0.6 is 7.82 Å². The lowest BCUT2D eigenvalue weighted by atomic mass is 10.1. The lowest BCUT2D eigenvalue weighted by Gasteiger charge is -2.21. The number of phosphoric acid groups is 1. The highest BCUT2D eigenvalue weighted by atomic mass is 31.2. The monoisotopic (exact) mass is 1030 g/mol. The van der Waals surface area contributed by atoms with Crippen LogP contribution in [0.4, 0.5) is 0 Å². The van der Waals surface area contributed by atoms with E-state index in [1.54, 1.807) is 0 Å². The molecule has 0 saturated carbocycles. The summed E-state index contributed by atoms with van der Waals surface area (Å²) in [7, 11) is -4.77. The van der Waals surface area contributed by atoms with Gasteiger partial charge in [-0.1, -0.05) is 189 Å². The van der Waals surface area contributed by atoms with Gasteiger partial charge in [0.1, 0.15) is 12.7 Å². The summed E-state index contributed by atoms with van der Waals surface area (Å²) in [6.07, 6.45) is 61.1. The number of allylic oxidation sites excluding steroid dienone is 14. The van der Waals surface area contributed by atoms with Crippen LogP contribution in [0.15, 0.2) is 85.1 Å². The second-order valence-electron chi connectivity index (χ2n) is 18.7. The van der Waals surface area contributed by atoms with Gasteiger partial charge in [-0.25, -0.2) is 4.57 Å². The number of carbonyl (C=O) groups excluding carboxylic acids is 3. The summed E-state index contributed by atoms with van der Waals surface area (Å²) in [5.74, 6) is -1.54. The van der Waals surface area contributed by atoms with Gasteiger partial charge in [-0.15, -0.1) is 0 Å². The minimum absolute atomic E-state index is 0.109. The lowest BCUT2D eigenvalue weighted by molar-refractivity contribution is -0.161. The Morgan fingerprint density at radius 3 is 1.18 bits per heavy atom. The Kier molecular flexibility index (Phi) is 51.4. The van der Waals surface area contributed by atoms with E-state index in [0.717, 1.165) is 122 Å². The van der Waals surface area contributed by atoms with E-state index in [1.807, 2.05) is 0 Å². The standard InChI is InChI=1S/C60H103O11P/c1-4-7-10-13-16-19-22-25-28-31-34-37-40-43-46-49-58(62)67-53-57(71-60(64)51-48-45-42-39-36-33-30-27-24-21-18-15-12-9-6-3)55-69-72(65,66)68-54-56(52-61)70-59(63)50-47-44-41-38-35-32-29-26-23-20-17-14-11-8-5-2/h9,12,16,18-19,21,25-30,36,39,56-57,61H,4-8,10-11,13-15,17,20,22-24,31-35,37-38,40-55H2,1-3H3,(H,65,66)/b12-9-,19-16-,21-18-,28-25-,29-26-,30-27-,39-36-. The molecule has 0 aromatic heterocycles. The van der Waals surface area contributed by atoms with Crippen LogP contribution < -0.4 is 0 Å². The zero-order valence-corrected chi connectivity index (χ0v) is 46.5. The molecule has 0 aromatic carbocycles. The van der Waals surface area contributed by atoms with Crippen molar-refractivity contribution in [3.8, 4) is 0 Å². The lowest BCUT2D eigenvalue weighted by Crippen LogP contribution is -2.30. The number of hydrogen-bond donors (Lipinski definition) is 2. The van der Waals surface area contributed by atoms with Gasteiger partial charge in [0.05, 0.1) is 19.8 Å². The van der Waals surface area contributed by atoms with Crippen LogP contribution in [-0.4, -0.2) is 66.5 Å². The molecular formula is C60H103O11P. The Balaban J connectivity index is 4.80. The zero-order chi connectivity index (χ0) is 52.7. The van der Waals surface area contributed by atoms with Crippen LogP contribution in [0.2, 0.25) is 0 Å². The van der Waals surface area contributed by atoms with E-state index >= 15 is 0 Å². The SMILES string of the molecule is CC/C=C\C/C=C\C/C=C\C/C=C\CCCCC(=O)OC(COC(=O)CCCCCCC/C=C\C/C=C\CCCCC)COP(=O)(O)OCC(CO)OC(=O)CCCCCCC/C=C\CCCCCCCC. The minimum Gasteiger partial charge on any atom is -0.462 e. The maximum Gasteiger partial charge on any atom is 0.472 e. The van der Waals surface area contributed by atoms with E-state index in [-0.39, 0.29) is 25.9 Å². The van der Waals surface area contributed by atoms with Crippen LogP contribution in [0.25, 0.3) is 0 Å². The average Bonchev–Trinajstić information content (AvgIpc) is 3.37. The molecule has 12 heteroatoms. The molecule has 0 heterocycles. The number of rotatable bonds is 52. The predicted molar refractivity (Wildman–Crippen MR) is 298 cm³/mol. The average molecular weight is 1030 g/mol. The molecule has 3 unspecified atom stereocenters. The summed E-state index contributed by atoms with van der Waals surface area (Å²) in [6.45, 7) is 4.42. The van der Waals surface area contributed by atoms with Crippen molar-refractivity contribution >= 4 is 25.7 Å². The third-order valence-electron chi connectivity index (χ3n) is 11.8. The van der Waals surface area contributed by atoms with Crippen LogP contribution in [0.3, 0.4) is 0 Å². The van der Waals surface area contributed by atoms with Gasteiger partial charge in [0.2, 0.25) is 0 Å². The summed E-state index contributed by atoms with van der Waals surface area (Å²) in [5, 5.41) is 9.81. The number of hydrogen-bond acceptors (Lipinski definition) is 10. The maximum atomic E-state index is 12.9. The van der Waals surface area contributed by atoms with Crippen molar-refractivity contribution in [2.75, 3.05) is 26.4 Å². The first-order chi connectivity index (χ1) is 35.2. The fraction of sp³-hybridized carbons (Fsp3) is 0.717. The molecule has 0 aliphatic carbocycles. The van der Waals surface area contributed by atoms with Crippen molar-refractivity contribution in [1.82, 2.24) is 0 Å². The maximum absolute atomic E-state index is 12.9. The summed E-state index contributed by atoms with van der Waals surface area (Å²) in [5.41, 5.74) is 0. The van der Waals surface area contributed by atoms with Gasteiger partial charge in [-0.05, 0) is 116 Å². The number of esters is 3. The van der Waals surface area contributed by atoms with E-state index in [1.165, 1.54) is 57.8 Å². The number of aliphatic hydroxyl groups excluding tert-OH is 1. The molecule has 0 rings (SSSR count). The van der Waals surface area contributed by atoms with E-state index in [9.17, 15) is 28.9 Å². The topological polar surface area (TPSA) is 155 Å². The summed E-state index contributed by atoms with van der Waals surface area (Å²) in [6, 6.07) is 0. The number of unbranched alkanes of at least 4 members (excludes halogenated alkanes) is 21. The Morgan fingerprint density at radius 1 is 0.403 bits per heavy atom. The summed E-state index contributed by atoms with van der Waals surface area (Å²) >= 11 is 0. The van der Waals surface area contributed by atoms with Crippen molar-refractivity contribution < 1.29 is 52.2 Å². The fourth-order valence-electron chi connectivity index (χ4n) is 7.43. The quantitative estimate of drug-likeness (QED) is 0.0197. The van der Waals surface area contributed by atoms with Crippen molar-refractivity contribution in [2.45, 2.75) is 251 Å². The molecule has 0 fully saturated rings. The molecule has 0 aromatic rings. The first-order valence-electron chi connectivity index (χ1n) is 28.5. The summed E-state index contributed by atoms with van der Waals surface area (Å²) < 4.78 is 39.4. The minimum atomic E-state index is -4.77. The van der Waals surface area contributed by atoms with E-state index in [2.05, 4.69) is 106 Å². The number of aliphatic hydroxyl groups is 1. The largest absolute Gasteiger partial charge is 0.472 e. The van der Waals surface area contributed by atoms with Gasteiger partial charge in [0.25, 0.3) is 0 Å². The first-order valence-corrected chi connectivity index (χ1v) is 30.0. The van der Waals surface area contributed by atoms with Crippen LogP contribution in [0.1, 0.15) is 239 Å². The van der Waals surface area contributed by atoms with Crippen molar-refractivity contribution in [2.24, 2.45) is 0 Å². The highest BCUT2D eigenvalue weighted by Gasteiger charge is 2.28. The molecule has 0 aliphatic rings. The molecule has 2 N–H and O–H groups in total. The Bertz CT molecular complexity index is 1530. The fourth-order valence-corrected chi connectivity index (χ4v) is 8.21. The molecule has 11 nitrogen and oxygen atoms in total. The Morgan fingerprint density at radius 2 is 0.722 bits per heavy atom. The zero-order valence-electron chi connectivity index (χ0n) is 45.6. The van der Waals surface area contributed by atoms with Crippen molar-refractivity contribution in [3.05, 3.63) is 85.1 Å². The molecule has 0 aliphatic heterocycles. The van der Waals surface area contributed by atoms with Gasteiger partial charge in [0.15, 0.2) is 6.10 Å². The predicted octanol–water partition coefficient (Wildman–Crippen LogP) is 16.7. The number of phosphoric ester groups is 1. The second-order valence-corrected chi connectivity index (χ2v) is 20.2.